The van der Waals surface area contributed by atoms with Gasteiger partial charge in [-0.1, -0.05) is 55.7 Å². The molecule has 0 bridgehead atoms. The minimum absolute atomic E-state index is 0.678. The Morgan fingerprint density at radius 3 is 2.68 bits per heavy atom. The van der Waals surface area contributed by atoms with Crippen LogP contribution >= 0.6 is 11.6 Å². The molecule has 0 aromatic heterocycles. The summed E-state index contributed by atoms with van der Waals surface area (Å²) in [6.07, 6.45) is 5.32. The molecule has 0 amide bonds. The van der Waals surface area contributed by atoms with Crippen LogP contribution in [0.4, 0.5) is 0 Å². The highest BCUT2D eigenvalue weighted by atomic mass is 35.5. The molecular weight excluding hydrogens is 256 g/mol. The summed E-state index contributed by atoms with van der Waals surface area (Å²) in [6.45, 7) is 5.96. The smallest absolute Gasteiger partial charge is 0.123 e. The van der Waals surface area contributed by atoms with Crippen LogP contribution in [0.25, 0.3) is 0 Å². The maximum Gasteiger partial charge on any atom is 0.123 e. The molecular formula is C17H23ClO. The van der Waals surface area contributed by atoms with Gasteiger partial charge in [0.1, 0.15) is 5.60 Å². The molecule has 0 fully saturated rings. The van der Waals surface area contributed by atoms with Crippen LogP contribution in [0.2, 0.25) is 5.02 Å². The Kier molecular flexibility index (Phi) is 6.42. The molecule has 1 rings (SSSR count). The molecule has 104 valence electrons. The maximum atomic E-state index is 10.2. The van der Waals surface area contributed by atoms with E-state index in [-0.39, 0.29) is 0 Å². The van der Waals surface area contributed by atoms with Crippen LogP contribution in [0.15, 0.2) is 18.2 Å². The number of rotatable bonds is 5. The largest absolute Gasteiger partial charge is 0.378 e. The van der Waals surface area contributed by atoms with Crippen molar-refractivity contribution >= 4 is 11.6 Å². The van der Waals surface area contributed by atoms with E-state index in [9.17, 15) is 5.11 Å². The summed E-state index contributed by atoms with van der Waals surface area (Å²) < 4.78 is 0. The van der Waals surface area contributed by atoms with Gasteiger partial charge in [0.25, 0.3) is 0 Å². The molecule has 1 N–H and O–H groups in total. The summed E-state index contributed by atoms with van der Waals surface area (Å²) in [6, 6.07) is 5.64. The van der Waals surface area contributed by atoms with Gasteiger partial charge in [-0.15, -0.1) is 0 Å². The van der Waals surface area contributed by atoms with Gasteiger partial charge in [0.15, 0.2) is 0 Å². The number of benzene rings is 1. The first-order valence-electron chi connectivity index (χ1n) is 6.96. The predicted molar refractivity (Wildman–Crippen MR) is 82.4 cm³/mol. The molecule has 1 aromatic rings. The second kappa shape index (κ2) is 7.58. The second-order valence-corrected chi connectivity index (χ2v) is 5.73. The highest BCUT2D eigenvalue weighted by molar-refractivity contribution is 6.30. The van der Waals surface area contributed by atoms with Crippen LogP contribution in [0.5, 0.6) is 0 Å². The molecule has 1 unspecified atom stereocenters. The molecule has 0 spiro atoms. The van der Waals surface area contributed by atoms with Gasteiger partial charge >= 0.3 is 0 Å². The van der Waals surface area contributed by atoms with Crippen LogP contribution in [-0.2, 0) is 0 Å². The third kappa shape index (κ3) is 6.14. The van der Waals surface area contributed by atoms with E-state index < -0.39 is 5.60 Å². The third-order valence-corrected chi connectivity index (χ3v) is 3.42. The van der Waals surface area contributed by atoms with Crippen LogP contribution in [0.1, 0.15) is 57.1 Å². The van der Waals surface area contributed by atoms with E-state index in [1.165, 1.54) is 12.8 Å². The van der Waals surface area contributed by atoms with E-state index in [0.29, 0.717) is 5.02 Å². The van der Waals surface area contributed by atoms with Gasteiger partial charge in [-0.25, -0.2) is 0 Å². The summed E-state index contributed by atoms with van der Waals surface area (Å²) in [5.74, 6) is 6.02. The van der Waals surface area contributed by atoms with Crippen LogP contribution < -0.4 is 0 Å². The van der Waals surface area contributed by atoms with Crippen molar-refractivity contribution in [3.63, 3.8) is 0 Å². The normalized spacial score (nSPS) is 13.5. The number of halogens is 1. The molecule has 1 nitrogen and oxygen atoms in total. The Bertz CT molecular complexity index is 466. The van der Waals surface area contributed by atoms with Crippen LogP contribution in [0, 0.1) is 18.8 Å². The highest BCUT2D eigenvalue weighted by Crippen LogP contribution is 2.17. The molecule has 0 aliphatic heterocycles. The predicted octanol–water partition coefficient (Wildman–Crippen LogP) is 4.72. The number of hydrogen-bond donors (Lipinski definition) is 1. The summed E-state index contributed by atoms with van der Waals surface area (Å²) >= 11 is 5.95. The summed E-state index contributed by atoms with van der Waals surface area (Å²) in [5.41, 5.74) is 1.06. The van der Waals surface area contributed by atoms with Crippen molar-refractivity contribution in [3.8, 4) is 11.8 Å². The Labute approximate surface area is 122 Å². The van der Waals surface area contributed by atoms with Gasteiger partial charge < -0.3 is 5.11 Å². The van der Waals surface area contributed by atoms with E-state index in [2.05, 4.69) is 18.8 Å². The molecule has 0 saturated heterocycles. The lowest BCUT2D eigenvalue weighted by Gasteiger charge is -2.15. The van der Waals surface area contributed by atoms with E-state index >= 15 is 0 Å². The van der Waals surface area contributed by atoms with Crippen LogP contribution in [0.3, 0.4) is 0 Å². The summed E-state index contributed by atoms with van der Waals surface area (Å²) in [7, 11) is 0. The van der Waals surface area contributed by atoms with Crippen molar-refractivity contribution in [1.29, 1.82) is 0 Å². The fraction of sp³-hybridized carbons (Fsp3) is 0.529. The maximum absolute atomic E-state index is 10.2. The van der Waals surface area contributed by atoms with Crippen molar-refractivity contribution in [1.82, 2.24) is 0 Å². The lowest BCUT2D eigenvalue weighted by Crippen LogP contribution is -2.21. The molecule has 0 aliphatic rings. The van der Waals surface area contributed by atoms with Crippen molar-refractivity contribution in [2.24, 2.45) is 0 Å². The van der Waals surface area contributed by atoms with Gasteiger partial charge in [-0.3, -0.25) is 0 Å². The lowest BCUT2D eigenvalue weighted by atomic mass is 9.97. The number of hydrogen-bond acceptors (Lipinski definition) is 1. The third-order valence-electron chi connectivity index (χ3n) is 3.18. The zero-order valence-electron chi connectivity index (χ0n) is 12.1. The minimum atomic E-state index is -0.914. The number of unbranched alkanes of at least 4 members (excludes halogenated alkanes) is 3. The standard InChI is InChI=1S/C17H23ClO/c1-4-5-6-7-11-17(3,19)12-10-15-13-16(18)9-8-14(15)2/h8-9,13,19H,4-7,11H2,1-3H3. The van der Waals surface area contributed by atoms with E-state index in [1.807, 2.05) is 25.1 Å². The molecule has 0 saturated carbocycles. The topological polar surface area (TPSA) is 20.2 Å². The van der Waals surface area contributed by atoms with E-state index in [4.69, 9.17) is 11.6 Å². The van der Waals surface area contributed by atoms with Crippen molar-refractivity contribution in [3.05, 3.63) is 34.3 Å². The van der Waals surface area contributed by atoms with E-state index in [1.54, 1.807) is 6.92 Å². The number of aryl methyl sites for hydroxylation is 1. The minimum Gasteiger partial charge on any atom is -0.378 e. The fourth-order valence-corrected chi connectivity index (χ4v) is 2.06. The van der Waals surface area contributed by atoms with Crippen molar-refractivity contribution < 1.29 is 5.11 Å². The molecule has 2 heteroatoms. The van der Waals surface area contributed by atoms with Gasteiger partial charge in [-0.05, 0) is 44.4 Å². The highest BCUT2D eigenvalue weighted by Gasteiger charge is 2.15. The average Bonchev–Trinajstić information content (AvgIpc) is 2.36. The van der Waals surface area contributed by atoms with Gasteiger partial charge in [0, 0.05) is 10.6 Å². The number of aliphatic hydroxyl groups is 1. The van der Waals surface area contributed by atoms with Gasteiger partial charge in [-0.2, -0.15) is 0 Å². The molecule has 0 radical (unpaired) electrons. The molecule has 0 aliphatic carbocycles. The van der Waals surface area contributed by atoms with Crippen LogP contribution in [-0.4, -0.2) is 10.7 Å². The Morgan fingerprint density at radius 2 is 2.00 bits per heavy atom. The zero-order valence-corrected chi connectivity index (χ0v) is 12.8. The Hall–Kier alpha value is -0.970. The fourth-order valence-electron chi connectivity index (χ4n) is 1.89. The zero-order chi connectivity index (χ0) is 14.3. The van der Waals surface area contributed by atoms with E-state index in [0.717, 1.165) is 30.4 Å². The monoisotopic (exact) mass is 278 g/mol. The average molecular weight is 279 g/mol. The molecule has 1 atom stereocenters. The Balaban J connectivity index is 2.66. The van der Waals surface area contributed by atoms with Gasteiger partial charge in [0.05, 0.1) is 0 Å². The SMILES string of the molecule is CCCCCCC(C)(O)C#Cc1cc(Cl)ccc1C. The summed E-state index contributed by atoms with van der Waals surface area (Å²) in [5, 5.41) is 10.9. The molecule has 0 heterocycles. The first kappa shape index (κ1) is 16.1. The molecule has 19 heavy (non-hydrogen) atoms. The van der Waals surface area contributed by atoms with Crippen molar-refractivity contribution in [2.75, 3.05) is 0 Å². The van der Waals surface area contributed by atoms with Crippen molar-refractivity contribution in [2.45, 2.75) is 58.5 Å². The first-order valence-corrected chi connectivity index (χ1v) is 7.34. The van der Waals surface area contributed by atoms with Gasteiger partial charge in [0.2, 0.25) is 0 Å². The first-order chi connectivity index (χ1) is 8.94. The summed E-state index contributed by atoms with van der Waals surface area (Å²) in [4.78, 5) is 0. The molecule has 1 aromatic carbocycles. The quantitative estimate of drug-likeness (QED) is 0.610. The lowest BCUT2D eigenvalue weighted by molar-refractivity contribution is 0.109. The Morgan fingerprint density at radius 1 is 1.26 bits per heavy atom. The second-order valence-electron chi connectivity index (χ2n) is 5.29.